The molecule has 1 aromatic rings. The van der Waals surface area contributed by atoms with Gasteiger partial charge in [-0.25, -0.2) is 8.42 Å². The number of unbranched alkanes of at least 4 members (excludes halogenated alkanes) is 5. The summed E-state index contributed by atoms with van der Waals surface area (Å²) in [4.78, 5) is 0. The molecule has 0 fully saturated rings. The quantitative estimate of drug-likeness (QED) is 0.246. The Balaban J connectivity index is 0.00000676. The molecule has 0 aliphatic heterocycles. The predicted molar refractivity (Wildman–Crippen MR) is 103 cm³/mol. The van der Waals surface area contributed by atoms with Crippen molar-refractivity contribution in [2.24, 2.45) is 0 Å². The third kappa shape index (κ3) is 13.8. The summed E-state index contributed by atoms with van der Waals surface area (Å²) < 4.78 is 42.3. The van der Waals surface area contributed by atoms with Crippen molar-refractivity contribution in [3.8, 4) is 0 Å². The molecule has 0 amide bonds. The van der Waals surface area contributed by atoms with E-state index >= 15 is 0 Å². The van der Waals surface area contributed by atoms with Crippen molar-refractivity contribution < 1.29 is 52.0 Å². The van der Waals surface area contributed by atoms with E-state index in [1.54, 1.807) is 0 Å². The Bertz CT molecular complexity index is 575. The van der Waals surface area contributed by atoms with Gasteiger partial charge in [-0.05, 0) is 37.3 Å². The summed E-state index contributed by atoms with van der Waals surface area (Å²) in [7, 11) is -4.38. The van der Waals surface area contributed by atoms with E-state index in [1.807, 2.05) is 0 Å². The summed E-state index contributed by atoms with van der Waals surface area (Å²) in [5.74, 6) is 0. The Morgan fingerprint density at radius 2 is 1.44 bits per heavy atom. The van der Waals surface area contributed by atoms with E-state index < -0.39 is 15.6 Å². The fourth-order valence-corrected chi connectivity index (χ4v) is 2.89. The Morgan fingerprint density at radius 1 is 0.889 bits per heavy atom. The maximum Gasteiger partial charge on any atom is 1.00 e. The van der Waals surface area contributed by atoms with E-state index in [4.69, 9.17) is 9.47 Å². The molecule has 0 saturated heterocycles. The molecule has 5 nitrogen and oxygen atoms in total. The minimum Gasteiger partial charge on any atom is -0.746 e. The first-order chi connectivity index (χ1) is 12.4. The number of ether oxygens (including phenoxy) is 2. The van der Waals surface area contributed by atoms with Crippen LogP contribution in [0, 0.1) is 0 Å². The van der Waals surface area contributed by atoms with Gasteiger partial charge >= 0.3 is 29.6 Å². The molecule has 0 radical (unpaired) electrons. The molecule has 1 rings (SSSR count). The first-order valence-corrected chi connectivity index (χ1v) is 11.1. The second-order valence-electron chi connectivity index (χ2n) is 6.63. The van der Waals surface area contributed by atoms with Gasteiger partial charge in [0.05, 0.1) is 19.8 Å². The Hall–Kier alpha value is 0.0500. The fraction of sp³-hybridized carbons (Fsp3) is 0.700. The molecule has 1 aromatic carbocycles. The Morgan fingerprint density at radius 3 is 2.04 bits per heavy atom. The van der Waals surface area contributed by atoms with Gasteiger partial charge in [0.2, 0.25) is 0 Å². The average Bonchev–Trinajstić information content (AvgIpc) is 2.61. The largest absolute Gasteiger partial charge is 1.00 e. The van der Waals surface area contributed by atoms with Crippen molar-refractivity contribution in [3.63, 3.8) is 0 Å². The van der Waals surface area contributed by atoms with E-state index in [9.17, 15) is 13.0 Å². The van der Waals surface area contributed by atoms with Crippen molar-refractivity contribution >= 4 is 10.1 Å². The molecule has 27 heavy (non-hydrogen) atoms. The maximum atomic E-state index is 10.7. The smallest absolute Gasteiger partial charge is 0.746 e. The van der Waals surface area contributed by atoms with Gasteiger partial charge in [0.15, 0.2) is 0 Å². The number of benzene rings is 1. The Kier molecular flexibility index (Phi) is 15.9. The maximum absolute atomic E-state index is 10.7. The van der Waals surface area contributed by atoms with Crippen LogP contribution in [-0.2, 0) is 32.4 Å². The van der Waals surface area contributed by atoms with Crippen LogP contribution in [0.5, 0.6) is 0 Å². The molecule has 0 N–H and O–H groups in total. The van der Waals surface area contributed by atoms with Gasteiger partial charge in [-0.15, -0.1) is 0 Å². The Labute approximate surface area is 187 Å². The van der Waals surface area contributed by atoms with Crippen molar-refractivity contribution in [1.82, 2.24) is 0 Å². The molecule has 0 aromatic heterocycles. The first kappa shape index (κ1) is 27.0. The second kappa shape index (κ2) is 15.9. The number of rotatable bonds is 15. The van der Waals surface area contributed by atoms with E-state index in [0.717, 1.165) is 12.8 Å². The summed E-state index contributed by atoms with van der Waals surface area (Å²) >= 11 is 0. The van der Waals surface area contributed by atoms with Gasteiger partial charge in [-0.1, -0.05) is 63.3 Å². The molecule has 1 unspecified atom stereocenters. The fourth-order valence-electron chi connectivity index (χ4n) is 2.63. The number of aryl methyl sites for hydroxylation is 1. The minimum absolute atomic E-state index is 0. The predicted octanol–water partition coefficient (Wildman–Crippen LogP) is 1.06. The second-order valence-corrected chi connectivity index (χ2v) is 8.28. The van der Waals surface area contributed by atoms with Crippen molar-refractivity contribution in [1.29, 1.82) is 0 Å². The van der Waals surface area contributed by atoms with Crippen LogP contribution in [0.4, 0.5) is 0 Å². The molecule has 0 aliphatic carbocycles. The molecule has 0 heterocycles. The zero-order valence-electron chi connectivity index (χ0n) is 17.1. The molecule has 7 heteroatoms. The molecule has 0 bridgehead atoms. The van der Waals surface area contributed by atoms with E-state index in [1.165, 1.54) is 56.6 Å². The standard InChI is InChI=1S/C20H34O5S.Na/c1-3-4-5-6-7-8-9-19-10-12-20(13-11-19)14-15-24-16-17-25-18(2)26(21,22)23;/h10-13,18H,3-9,14-17H2,1-2H3,(H,21,22,23);/q;+1/p-1. The summed E-state index contributed by atoms with van der Waals surface area (Å²) in [6.07, 6.45) is 9.83. The summed E-state index contributed by atoms with van der Waals surface area (Å²) in [5, 5.41) is 0. The van der Waals surface area contributed by atoms with E-state index in [0.29, 0.717) is 6.61 Å². The van der Waals surface area contributed by atoms with Crippen molar-refractivity contribution in [2.45, 2.75) is 70.7 Å². The minimum atomic E-state index is -4.38. The average molecular weight is 409 g/mol. The molecule has 1 atom stereocenters. The molecular formula is C20H33NaO5S. The number of hydrogen-bond acceptors (Lipinski definition) is 5. The van der Waals surface area contributed by atoms with Gasteiger partial charge in [0, 0.05) is 0 Å². The van der Waals surface area contributed by atoms with Gasteiger partial charge in [0.1, 0.15) is 15.6 Å². The van der Waals surface area contributed by atoms with Crippen molar-refractivity contribution in [2.75, 3.05) is 19.8 Å². The van der Waals surface area contributed by atoms with Crippen LogP contribution in [0.1, 0.15) is 63.5 Å². The monoisotopic (exact) mass is 408 g/mol. The van der Waals surface area contributed by atoms with E-state index in [-0.39, 0.29) is 42.8 Å². The topological polar surface area (TPSA) is 75.7 Å². The molecular weight excluding hydrogens is 375 g/mol. The normalized spacial score (nSPS) is 12.6. The van der Waals surface area contributed by atoms with Crippen LogP contribution in [-0.4, -0.2) is 38.2 Å². The van der Waals surface area contributed by atoms with Crippen LogP contribution in [0.2, 0.25) is 0 Å². The zero-order chi connectivity index (χ0) is 19.3. The molecule has 150 valence electrons. The molecule has 0 aliphatic rings. The van der Waals surface area contributed by atoms with Gasteiger partial charge < -0.3 is 14.0 Å². The van der Waals surface area contributed by atoms with E-state index in [2.05, 4.69) is 31.2 Å². The van der Waals surface area contributed by atoms with Gasteiger partial charge in [0.25, 0.3) is 0 Å². The van der Waals surface area contributed by atoms with Gasteiger partial charge in [-0.2, -0.15) is 0 Å². The molecule has 0 spiro atoms. The summed E-state index contributed by atoms with van der Waals surface area (Å²) in [5.41, 5.74) is 1.27. The third-order valence-electron chi connectivity index (χ3n) is 4.36. The van der Waals surface area contributed by atoms with Crippen LogP contribution < -0.4 is 29.6 Å². The first-order valence-electron chi connectivity index (χ1n) is 9.65. The third-order valence-corrected chi connectivity index (χ3v) is 5.31. The van der Waals surface area contributed by atoms with Crippen LogP contribution in [0.3, 0.4) is 0 Å². The van der Waals surface area contributed by atoms with Crippen LogP contribution in [0.25, 0.3) is 0 Å². The van der Waals surface area contributed by atoms with Crippen LogP contribution in [0.15, 0.2) is 24.3 Å². The summed E-state index contributed by atoms with van der Waals surface area (Å²) in [6.45, 7) is 4.38. The van der Waals surface area contributed by atoms with Gasteiger partial charge in [-0.3, -0.25) is 0 Å². The SMILES string of the molecule is CCCCCCCCc1ccc(CCOCCOC(C)S(=O)(=O)[O-])cc1.[Na+]. The zero-order valence-corrected chi connectivity index (χ0v) is 19.9. The summed E-state index contributed by atoms with van der Waals surface area (Å²) in [6, 6.07) is 8.65. The molecule has 0 saturated carbocycles. The van der Waals surface area contributed by atoms with Crippen LogP contribution >= 0.6 is 0 Å². The number of hydrogen-bond donors (Lipinski definition) is 0. The van der Waals surface area contributed by atoms with Crippen molar-refractivity contribution in [3.05, 3.63) is 35.4 Å².